The fourth-order valence-electron chi connectivity index (χ4n) is 3.23. The minimum atomic E-state index is -0.644. The van der Waals surface area contributed by atoms with Crippen LogP contribution in [-0.4, -0.2) is 24.3 Å². The van der Waals surface area contributed by atoms with Gasteiger partial charge in [0, 0.05) is 12.0 Å². The zero-order valence-corrected chi connectivity index (χ0v) is 15.5. The molecule has 0 aromatic heterocycles. The Morgan fingerprint density at radius 1 is 0.964 bits per heavy atom. The molecule has 0 spiro atoms. The topological polar surface area (TPSA) is 72.5 Å². The first-order chi connectivity index (χ1) is 13.5. The number of para-hydroxylation sites is 1. The molecule has 146 valence electrons. The molecule has 1 amide bonds. The number of carbonyl (C=O) groups is 3. The Hall–Kier alpha value is -3.02. The number of fused-ring (bicyclic) bond motifs is 1. The molecule has 0 saturated heterocycles. The van der Waals surface area contributed by atoms with E-state index in [-0.39, 0.29) is 24.3 Å². The first kappa shape index (κ1) is 19.7. The molecule has 0 bridgehead atoms. The van der Waals surface area contributed by atoms with Crippen LogP contribution >= 0.6 is 0 Å². The van der Waals surface area contributed by atoms with Crippen molar-refractivity contribution in [3.05, 3.63) is 65.0 Å². The van der Waals surface area contributed by atoms with Crippen molar-refractivity contribution in [3.8, 4) is 0 Å². The molecule has 2 aromatic rings. The number of benzene rings is 2. The fraction of sp³-hybridized carbons (Fsp3) is 0.318. The third kappa shape index (κ3) is 5.25. The van der Waals surface area contributed by atoms with E-state index >= 15 is 0 Å². The summed E-state index contributed by atoms with van der Waals surface area (Å²) in [4.78, 5) is 35.9. The molecular weight excluding hydrogens is 361 g/mol. The van der Waals surface area contributed by atoms with Gasteiger partial charge in [0.05, 0.1) is 12.1 Å². The van der Waals surface area contributed by atoms with Gasteiger partial charge in [0.25, 0.3) is 5.91 Å². The summed E-state index contributed by atoms with van der Waals surface area (Å²) in [6, 6.07) is 11.4. The molecule has 5 nitrogen and oxygen atoms in total. The van der Waals surface area contributed by atoms with Gasteiger partial charge < -0.3 is 10.1 Å². The predicted octanol–water partition coefficient (Wildman–Crippen LogP) is 3.85. The van der Waals surface area contributed by atoms with Gasteiger partial charge in [-0.1, -0.05) is 24.3 Å². The predicted molar refractivity (Wildman–Crippen MR) is 103 cm³/mol. The number of ketones is 1. The highest BCUT2D eigenvalue weighted by Crippen LogP contribution is 2.23. The van der Waals surface area contributed by atoms with Crippen LogP contribution in [0.25, 0.3) is 0 Å². The highest BCUT2D eigenvalue weighted by molar-refractivity contribution is 5.98. The van der Waals surface area contributed by atoms with E-state index in [0.717, 1.165) is 19.3 Å². The number of hydrogen-bond donors (Lipinski definition) is 1. The number of hydrogen-bond acceptors (Lipinski definition) is 4. The number of ether oxygens (including phenoxy) is 1. The second-order valence-corrected chi connectivity index (χ2v) is 6.80. The van der Waals surface area contributed by atoms with Gasteiger partial charge in [0.1, 0.15) is 5.82 Å². The lowest BCUT2D eigenvalue weighted by atomic mass is 9.89. The molecule has 0 atom stereocenters. The van der Waals surface area contributed by atoms with Gasteiger partial charge in [0.2, 0.25) is 0 Å². The number of Topliss-reactive ketones (excluding diaryl/α,β-unsaturated/α-hetero) is 1. The first-order valence-corrected chi connectivity index (χ1v) is 9.38. The molecule has 1 aliphatic rings. The van der Waals surface area contributed by atoms with Crippen LogP contribution in [0.15, 0.2) is 42.5 Å². The van der Waals surface area contributed by atoms with Crippen molar-refractivity contribution < 1.29 is 23.5 Å². The number of aryl methyl sites for hydroxylation is 2. The van der Waals surface area contributed by atoms with Crippen LogP contribution in [0.2, 0.25) is 0 Å². The van der Waals surface area contributed by atoms with Crippen molar-refractivity contribution in [3.63, 3.8) is 0 Å². The van der Waals surface area contributed by atoms with Crippen molar-refractivity contribution in [1.82, 2.24) is 0 Å². The van der Waals surface area contributed by atoms with E-state index in [2.05, 4.69) is 5.32 Å². The van der Waals surface area contributed by atoms with E-state index < -0.39 is 24.3 Å². The highest BCUT2D eigenvalue weighted by Gasteiger charge is 2.15. The Balaban J connectivity index is 1.43. The van der Waals surface area contributed by atoms with E-state index in [0.29, 0.717) is 5.56 Å². The van der Waals surface area contributed by atoms with Gasteiger partial charge in [-0.15, -0.1) is 0 Å². The van der Waals surface area contributed by atoms with Gasteiger partial charge in [-0.25, -0.2) is 4.39 Å². The van der Waals surface area contributed by atoms with Crippen LogP contribution < -0.4 is 5.32 Å². The number of anilines is 1. The summed E-state index contributed by atoms with van der Waals surface area (Å²) in [5.74, 6) is -1.98. The van der Waals surface area contributed by atoms with Crippen molar-refractivity contribution in [2.75, 3.05) is 11.9 Å². The third-order valence-electron chi connectivity index (χ3n) is 4.74. The lowest BCUT2D eigenvalue weighted by molar-refractivity contribution is -0.147. The summed E-state index contributed by atoms with van der Waals surface area (Å²) in [7, 11) is 0. The number of halogens is 1. The van der Waals surface area contributed by atoms with Gasteiger partial charge in [0.15, 0.2) is 12.4 Å². The Morgan fingerprint density at radius 2 is 1.71 bits per heavy atom. The monoisotopic (exact) mass is 383 g/mol. The summed E-state index contributed by atoms with van der Waals surface area (Å²) in [5, 5.41) is 2.33. The van der Waals surface area contributed by atoms with E-state index in [4.69, 9.17) is 4.74 Å². The molecule has 28 heavy (non-hydrogen) atoms. The molecule has 0 fully saturated rings. The lowest BCUT2D eigenvalue weighted by Crippen LogP contribution is -2.21. The standard InChI is InChI=1S/C22H22FNO4/c23-18-7-3-4-8-19(18)24-21(26)14-28-22(27)12-11-20(25)17-10-9-15-5-1-2-6-16(15)13-17/h3-4,7-10,13H,1-2,5-6,11-12,14H2,(H,24,26). The van der Waals surface area contributed by atoms with E-state index in [9.17, 15) is 18.8 Å². The van der Waals surface area contributed by atoms with E-state index in [1.54, 1.807) is 12.1 Å². The molecule has 0 aliphatic heterocycles. The Morgan fingerprint density at radius 3 is 2.50 bits per heavy atom. The summed E-state index contributed by atoms with van der Waals surface area (Å²) < 4.78 is 18.3. The summed E-state index contributed by atoms with van der Waals surface area (Å²) >= 11 is 0. The lowest BCUT2D eigenvalue weighted by Gasteiger charge is -2.16. The maximum atomic E-state index is 13.5. The Bertz CT molecular complexity index is 894. The second kappa shape index (κ2) is 9.26. The normalized spacial score (nSPS) is 12.8. The summed E-state index contributed by atoms with van der Waals surface area (Å²) in [6.07, 6.45) is 4.25. The van der Waals surface area contributed by atoms with Crippen molar-refractivity contribution >= 4 is 23.3 Å². The van der Waals surface area contributed by atoms with Crippen LogP contribution in [0, 0.1) is 5.82 Å². The molecule has 0 radical (unpaired) electrons. The Labute approximate surface area is 162 Å². The summed E-state index contributed by atoms with van der Waals surface area (Å²) in [6.45, 7) is -0.528. The molecule has 6 heteroatoms. The van der Waals surface area contributed by atoms with Gasteiger partial charge in [-0.05, 0) is 55.0 Å². The maximum absolute atomic E-state index is 13.5. The molecule has 0 saturated carbocycles. The molecule has 0 unspecified atom stereocenters. The van der Waals surface area contributed by atoms with Crippen LogP contribution in [0.5, 0.6) is 0 Å². The minimum absolute atomic E-state index is 0.0196. The quantitative estimate of drug-likeness (QED) is 0.582. The van der Waals surface area contributed by atoms with Gasteiger partial charge in [-0.3, -0.25) is 14.4 Å². The van der Waals surface area contributed by atoms with E-state index in [1.807, 2.05) is 12.1 Å². The fourth-order valence-corrected chi connectivity index (χ4v) is 3.23. The molecule has 1 N–H and O–H groups in total. The number of carbonyl (C=O) groups excluding carboxylic acids is 3. The Kier molecular flexibility index (Phi) is 6.53. The number of esters is 1. The molecule has 1 aliphatic carbocycles. The third-order valence-corrected chi connectivity index (χ3v) is 4.74. The van der Waals surface area contributed by atoms with E-state index in [1.165, 1.54) is 35.7 Å². The zero-order chi connectivity index (χ0) is 19.9. The molecule has 3 rings (SSSR count). The maximum Gasteiger partial charge on any atom is 0.306 e. The zero-order valence-electron chi connectivity index (χ0n) is 15.5. The number of amides is 1. The average molecular weight is 383 g/mol. The van der Waals surface area contributed by atoms with Gasteiger partial charge >= 0.3 is 5.97 Å². The van der Waals surface area contributed by atoms with Crippen LogP contribution in [0.1, 0.15) is 47.2 Å². The largest absolute Gasteiger partial charge is 0.456 e. The first-order valence-electron chi connectivity index (χ1n) is 9.38. The number of rotatable bonds is 7. The highest BCUT2D eigenvalue weighted by atomic mass is 19.1. The van der Waals surface area contributed by atoms with Crippen molar-refractivity contribution in [1.29, 1.82) is 0 Å². The van der Waals surface area contributed by atoms with Crippen molar-refractivity contribution in [2.24, 2.45) is 0 Å². The van der Waals surface area contributed by atoms with Crippen LogP contribution in [0.3, 0.4) is 0 Å². The second-order valence-electron chi connectivity index (χ2n) is 6.80. The van der Waals surface area contributed by atoms with Crippen LogP contribution in [0.4, 0.5) is 10.1 Å². The smallest absolute Gasteiger partial charge is 0.306 e. The number of nitrogens with one attached hydrogen (secondary N) is 1. The van der Waals surface area contributed by atoms with Gasteiger partial charge in [-0.2, -0.15) is 0 Å². The average Bonchev–Trinajstić information content (AvgIpc) is 2.71. The molecular formula is C22H22FNO4. The SMILES string of the molecule is O=C(COC(=O)CCC(=O)c1ccc2c(c1)CCCC2)Nc1ccccc1F. The van der Waals surface area contributed by atoms with Crippen LogP contribution in [-0.2, 0) is 27.2 Å². The summed E-state index contributed by atoms with van der Waals surface area (Å²) in [5.41, 5.74) is 3.13. The minimum Gasteiger partial charge on any atom is -0.456 e. The molecule has 0 heterocycles. The van der Waals surface area contributed by atoms with Crippen molar-refractivity contribution in [2.45, 2.75) is 38.5 Å². The molecule has 2 aromatic carbocycles.